The third-order valence-electron chi connectivity index (χ3n) is 3.30. The number of nitrogens with one attached hydrogen (secondary N) is 2. The van der Waals surface area contributed by atoms with E-state index in [9.17, 15) is 9.18 Å². The van der Waals surface area contributed by atoms with Crippen LogP contribution in [0.2, 0.25) is 0 Å². The first kappa shape index (κ1) is 20.8. The second-order valence-electron chi connectivity index (χ2n) is 6.78. The van der Waals surface area contributed by atoms with Gasteiger partial charge in [0.05, 0.1) is 5.69 Å². The van der Waals surface area contributed by atoms with Gasteiger partial charge in [0.1, 0.15) is 17.5 Å². The highest BCUT2D eigenvalue weighted by Gasteiger charge is 2.18. The molecule has 27 heavy (non-hydrogen) atoms. The lowest BCUT2D eigenvalue weighted by atomic mass is 10.1. The van der Waals surface area contributed by atoms with Gasteiger partial charge in [-0.05, 0) is 67.9 Å². The Balaban J connectivity index is 2.17. The smallest absolute Gasteiger partial charge is 0.426 e. The molecule has 0 aliphatic heterocycles. The highest BCUT2D eigenvalue weighted by Crippen LogP contribution is 2.31. The number of hydrazine groups is 1. The molecule has 0 fully saturated rings. The standard InChI is InChI=1S/C18H22BrFN4O3/c1-10(26-15-7-11(19)9-22-16(15)21)13-8-12(20)5-6-14(13)23-24-17(25)27-18(2,3)4/h5-10,23H,1-4H3,(H2,21,22)(H,24,25). The maximum absolute atomic E-state index is 13.8. The summed E-state index contributed by atoms with van der Waals surface area (Å²) in [5.41, 5.74) is 11.3. The van der Waals surface area contributed by atoms with Gasteiger partial charge in [0.2, 0.25) is 0 Å². The highest BCUT2D eigenvalue weighted by molar-refractivity contribution is 9.10. The largest absolute Gasteiger partial charge is 0.482 e. The van der Waals surface area contributed by atoms with E-state index in [1.165, 1.54) is 18.2 Å². The van der Waals surface area contributed by atoms with Crippen molar-refractivity contribution in [2.24, 2.45) is 0 Å². The van der Waals surface area contributed by atoms with E-state index in [4.69, 9.17) is 15.2 Å². The molecule has 1 unspecified atom stereocenters. The number of benzene rings is 1. The molecule has 0 aliphatic carbocycles. The van der Waals surface area contributed by atoms with Gasteiger partial charge in [-0.3, -0.25) is 5.43 Å². The normalized spacial score (nSPS) is 12.2. The van der Waals surface area contributed by atoms with Gasteiger partial charge < -0.3 is 15.2 Å². The molecule has 1 heterocycles. The zero-order chi connectivity index (χ0) is 20.2. The van der Waals surface area contributed by atoms with Crippen molar-refractivity contribution in [3.63, 3.8) is 0 Å². The number of nitrogens with two attached hydrogens (primary N) is 1. The van der Waals surface area contributed by atoms with Gasteiger partial charge in [-0.25, -0.2) is 19.6 Å². The number of carbonyl (C=O) groups is 1. The van der Waals surface area contributed by atoms with Crippen molar-refractivity contribution in [2.45, 2.75) is 39.4 Å². The third kappa shape index (κ3) is 6.28. The Bertz CT molecular complexity index is 827. The molecule has 1 amide bonds. The van der Waals surface area contributed by atoms with Crippen LogP contribution in [-0.4, -0.2) is 16.7 Å². The molecule has 2 aromatic rings. The molecule has 0 saturated heterocycles. The Morgan fingerprint density at radius 2 is 2.04 bits per heavy atom. The van der Waals surface area contributed by atoms with Crippen LogP contribution in [0.5, 0.6) is 5.75 Å². The molecule has 0 spiro atoms. The van der Waals surface area contributed by atoms with Crippen molar-refractivity contribution in [2.75, 3.05) is 11.2 Å². The molecule has 146 valence electrons. The fourth-order valence-corrected chi connectivity index (χ4v) is 2.50. The summed E-state index contributed by atoms with van der Waals surface area (Å²) < 4.78 is 25.5. The molecule has 0 aliphatic rings. The van der Waals surface area contributed by atoms with Gasteiger partial charge in [0.25, 0.3) is 0 Å². The molecule has 0 radical (unpaired) electrons. The van der Waals surface area contributed by atoms with E-state index in [0.717, 1.165) is 0 Å². The van der Waals surface area contributed by atoms with Gasteiger partial charge in [-0.2, -0.15) is 0 Å². The Kier molecular flexibility index (Phi) is 6.48. The van der Waals surface area contributed by atoms with Crippen molar-refractivity contribution in [1.29, 1.82) is 0 Å². The SMILES string of the molecule is CC(Oc1cc(Br)cnc1N)c1cc(F)ccc1NNC(=O)OC(C)(C)C. The van der Waals surface area contributed by atoms with Crippen LogP contribution < -0.4 is 21.3 Å². The summed E-state index contributed by atoms with van der Waals surface area (Å²) in [4.78, 5) is 15.8. The molecular formula is C18H22BrFN4O3. The quantitative estimate of drug-likeness (QED) is 0.589. The molecule has 2 rings (SSSR count). The lowest BCUT2D eigenvalue weighted by molar-refractivity contribution is 0.0541. The van der Waals surface area contributed by atoms with Crippen LogP contribution >= 0.6 is 15.9 Å². The number of pyridine rings is 1. The molecular weight excluding hydrogens is 419 g/mol. The van der Waals surface area contributed by atoms with E-state index in [2.05, 4.69) is 31.8 Å². The average Bonchev–Trinajstić information content (AvgIpc) is 2.55. The number of carbonyl (C=O) groups excluding carboxylic acids is 1. The second-order valence-corrected chi connectivity index (χ2v) is 7.70. The first-order valence-corrected chi connectivity index (χ1v) is 8.96. The summed E-state index contributed by atoms with van der Waals surface area (Å²) in [6.45, 7) is 6.99. The predicted molar refractivity (Wildman–Crippen MR) is 105 cm³/mol. The third-order valence-corrected chi connectivity index (χ3v) is 3.74. The summed E-state index contributed by atoms with van der Waals surface area (Å²) >= 11 is 3.30. The summed E-state index contributed by atoms with van der Waals surface area (Å²) in [7, 11) is 0. The monoisotopic (exact) mass is 440 g/mol. The molecule has 4 N–H and O–H groups in total. The summed E-state index contributed by atoms with van der Waals surface area (Å²) in [6, 6.07) is 5.74. The van der Waals surface area contributed by atoms with E-state index in [0.29, 0.717) is 21.5 Å². The number of hydrogen-bond donors (Lipinski definition) is 3. The lowest BCUT2D eigenvalue weighted by Gasteiger charge is -2.22. The van der Waals surface area contributed by atoms with E-state index in [1.54, 1.807) is 40.0 Å². The Morgan fingerprint density at radius 1 is 1.33 bits per heavy atom. The van der Waals surface area contributed by atoms with Crippen LogP contribution in [0.3, 0.4) is 0 Å². The van der Waals surface area contributed by atoms with Crippen LogP contribution in [0.4, 0.5) is 20.7 Å². The summed E-state index contributed by atoms with van der Waals surface area (Å²) in [6.07, 6.45) is 0.307. The van der Waals surface area contributed by atoms with Crippen LogP contribution in [0.25, 0.3) is 0 Å². The van der Waals surface area contributed by atoms with E-state index in [1.807, 2.05) is 0 Å². The Hall–Kier alpha value is -2.55. The van der Waals surface area contributed by atoms with Crippen molar-refractivity contribution < 1.29 is 18.7 Å². The lowest BCUT2D eigenvalue weighted by Crippen LogP contribution is -2.36. The van der Waals surface area contributed by atoms with Gasteiger partial charge in [-0.1, -0.05) is 0 Å². The first-order valence-electron chi connectivity index (χ1n) is 8.17. The molecule has 1 aromatic carbocycles. The number of ether oxygens (including phenoxy) is 2. The Labute approximate surface area is 165 Å². The molecule has 1 aromatic heterocycles. The number of halogens is 2. The zero-order valence-electron chi connectivity index (χ0n) is 15.5. The maximum Gasteiger partial charge on any atom is 0.426 e. The number of hydrogen-bond acceptors (Lipinski definition) is 6. The van der Waals surface area contributed by atoms with Gasteiger partial charge in [0.15, 0.2) is 11.6 Å². The molecule has 9 heteroatoms. The Morgan fingerprint density at radius 3 is 2.70 bits per heavy atom. The minimum absolute atomic E-state index is 0.211. The number of nitrogen functional groups attached to an aromatic ring is 1. The fraction of sp³-hybridized carbons (Fsp3) is 0.333. The number of anilines is 2. The number of aromatic nitrogens is 1. The molecule has 1 atom stereocenters. The van der Waals surface area contributed by atoms with Gasteiger partial charge in [-0.15, -0.1) is 0 Å². The number of amides is 1. The summed E-state index contributed by atoms with van der Waals surface area (Å²) in [5.74, 6) is 0.124. The minimum Gasteiger partial charge on any atom is -0.482 e. The zero-order valence-corrected chi connectivity index (χ0v) is 17.1. The van der Waals surface area contributed by atoms with Crippen molar-refractivity contribution in [3.8, 4) is 5.75 Å². The summed E-state index contributed by atoms with van der Waals surface area (Å²) in [5, 5.41) is 0. The van der Waals surface area contributed by atoms with Crippen molar-refractivity contribution in [3.05, 3.63) is 46.3 Å². The number of nitrogens with zero attached hydrogens (tertiary/aromatic N) is 1. The van der Waals surface area contributed by atoms with Crippen LogP contribution in [0.15, 0.2) is 34.9 Å². The minimum atomic E-state index is -0.660. The van der Waals surface area contributed by atoms with Crippen LogP contribution in [-0.2, 0) is 4.74 Å². The average molecular weight is 441 g/mol. The molecule has 0 saturated carbocycles. The second kappa shape index (κ2) is 8.43. The van der Waals surface area contributed by atoms with Crippen molar-refractivity contribution >= 4 is 33.5 Å². The molecule has 0 bridgehead atoms. The van der Waals surface area contributed by atoms with E-state index >= 15 is 0 Å². The predicted octanol–water partition coefficient (Wildman–Crippen LogP) is 4.56. The van der Waals surface area contributed by atoms with Crippen LogP contribution in [0.1, 0.15) is 39.4 Å². The van der Waals surface area contributed by atoms with E-state index in [-0.39, 0.29) is 5.82 Å². The number of rotatable bonds is 5. The van der Waals surface area contributed by atoms with Crippen molar-refractivity contribution in [1.82, 2.24) is 10.4 Å². The highest BCUT2D eigenvalue weighted by atomic mass is 79.9. The fourth-order valence-electron chi connectivity index (χ4n) is 2.19. The van der Waals surface area contributed by atoms with Crippen LogP contribution in [0, 0.1) is 5.82 Å². The topological polar surface area (TPSA) is 98.5 Å². The van der Waals surface area contributed by atoms with Gasteiger partial charge in [0, 0.05) is 16.2 Å². The van der Waals surface area contributed by atoms with Gasteiger partial charge >= 0.3 is 6.09 Å². The van der Waals surface area contributed by atoms with E-state index < -0.39 is 23.6 Å². The molecule has 7 nitrogen and oxygen atoms in total. The maximum atomic E-state index is 13.8. The first-order chi connectivity index (χ1) is 12.5.